The molecule has 0 fully saturated rings. The van der Waals surface area contributed by atoms with Crippen molar-refractivity contribution >= 4 is 11.6 Å². The topological polar surface area (TPSA) is 92.5 Å². The Morgan fingerprint density at radius 1 is 1.61 bits per heavy atom. The zero-order valence-electron chi connectivity index (χ0n) is 9.72. The summed E-state index contributed by atoms with van der Waals surface area (Å²) in [7, 11) is 0. The van der Waals surface area contributed by atoms with Crippen LogP contribution in [0, 0.1) is 15.9 Å². The fourth-order valence-corrected chi connectivity index (χ4v) is 1.34. The third-order valence-electron chi connectivity index (χ3n) is 2.46. The van der Waals surface area contributed by atoms with Gasteiger partial charge in [-0.1, -0.05) is 6.92 Å². The number of hydrogen-bond donors (Lipinski definition) is 2. The van der Waals surface area contributed by atoms with Crippen molar-refractivity contribution in [2.45, 2.75) is 19.4 Å². The lowest BCUT2D eigenvalue weighted by molar-refractivity contribution is -0.385. The van der Waals surface area contributed by atoms with Crippen molar-refractivity contribution in [3.8, 4) is 0 Å². The van der Waals surface area contributed by atoms with Crippen molar-refractivity contribution in [3.63, 3.8) is 0 Å². The first kappa shape index (κ1) is 14.0. The molecule has 98 valence electrons. The Bertz CT molecular complexity index is 460. The van der Waals surface area contributed by atoms with Gasteiger partial charge < -0.3 is 10.4 Å². The summed E-state index contributed by atoms with van der Waals surface area (Å²) in [5.41, 5.74) is -0.703. The largest absolute Gasteiger partial charge is 0.394 e. The van der Waals surface area contributed by atoms with Crippen LogP contribution >= 0.6 is 0 Å². The number of benzene rings is 1. The third kappa shape index (κ3) is 3.24. The van der Waals surface area contributed by atoms with Crippen LogP contribution < -0.4 is 5.32 Å². The molecule has 0 heterocycles. The molecule has 0 spiro atoms. The molecular formula is C11H13FN2O4. The number of halogens is 1. The molecule has 0 aliphatic heterocycles. The predicted molar refractivity (Wildman–Crippen MR) is 61.7 cm³/mol. The lowest BCUT2D eigenvalue weighted by Gasteiger charge is -2.14. The van der Waals surface area contributed by atoms with Gasteiger partial charge in [-0.25, -0.2) is 4.39 Å². The van der Waals surface area contributed by atoms with E-state index in [2.05, 4.69) is 5.32 Å². The zero-order chi connectivity index (χ0) is 13.7. The summed E-state index contributed by atoms with van der Waals surface area (Å²) in [6, 6.07) is 2.33. The highest BCUT2D eigenvalue weighted by molar-refractivity contribution is 5.94. The molecule has 6 nitrogen and oxygen atoms in total. The number of carbonyl (C=O) groups is 1. The van der Waals surface area contributed by atoms with Gasteiger partial charge in [0.15, 0.2) is 0 Å². The Morgan fingerprint density at radius 2 is 2.28 bits per heavy atom. The maximum absolute atomic E-state index is 13.5. The van der Waals surface area contributed by atoms with Gasteiger partial charge in [-0.3, -0.25) is 14.9 Å². The molecule has 0 aliphatic rings. The summed E-state index contributed by atoms with van der Waals surface area (Å²) in [4.78, 5) is 21.3. The molecule has 1 atom stereocenters. The molecule has 1 rings (SSSR count). The smallest absolute Gasteiger partial charge is 0.272 e. The molecule has 0 aromatic heterocycles. The number of amides is 1. The molecule has 0 aliphatic carbocycles. The molecule has 2 N–H and O–H groups in total. The SMILES string of the molecule is CCC(CO)NC(=O)c1ccc([N+](=O)[O-])cc1F. The highest BCUT2D eigenvalue weighted by Gasteiger charge is 2.18. The van der Waals surface area contributed by atoms with Crippen molar-refractivity contribution in [2.24, 2.45) is 0 Å². The molecule has 0 radical (unpaired) electrons. The summed E-state index contributed by atoms with van der Waals surface area (Å²) in [6.07, 6.45) is 0.497. The maximum Gasteiger partial charge on any atom is 0.272 e. The Hall–Kier alpha value is -2.02. The average Bonchev–Trinajstić information content (AvgIpc) is 2.35. The van der Waals surface area contributed by atoms with Crippen molar-refractivity contribution in [1.82, 2.24) is 5.32 Å². The van der Waals surface area contributed by atoms with Crippen LogP contribution in [0.1, 0.15) is 23.7 Å². The molecular weight excluding hydrogens is 243 g/mol. The van der Waals surface area contributed by atoms with Crippen LogP contribution in [0.25, 0.3) is 0 Å². The van der Waals surface area contributed by atoms with Gasteiger partial charge in [0.1, 0.15) is 5.82 Å². The van der Waals surface area contributed by atoms with Gasteiger partial charge in [0, 0.05) is 6.07 Å². The molecule has 0 saturated heterocycles. The predicted octanol–water partition coefficient (Wildman–Crippen LogP) is 1.23. The van der Waals surface area contributed by atoms with E-state index in [1.54, 1.807) is 6.92 Å². The van der Waals surface area contributed by atoms with Crippen LogP contribution in [-0.4, -0.2) is 28.6 Å². The van der Waals surface area contributed by atoms with Gasteiger partial charge >= 0.3 is 0 Å². The lowest BCUT2D eigenvalue weighted by Crippen LogP contribution is -2.37. The minimum absolute atomic E-state index is 0.253. The van der Waals surface area contributed by atoms with Crippen molar-refractivity contribution in [3.05, 3.63) is 39.7 Å². The van der Waals surface area contributed by atoms with E-state index in [9.17, 15) is 19.3 Å². The van der Waals surface area contributed by atoms with E-state index in [0.29, 0.717) is 12.5 Å². The van der Waals surface area contributed by atoms with E-state index in [1.165, 1.54) is 0 Å². The molecule has 1 aromatic rings. The van der Waals surface area contributed by atoms with Gasteiger partial charge in [-0.05, 0) is 12.5 Å². The van der Waals surface area contributed by atoms with E-state index >= 15 is 0 Å². The number of nitro groups is 1. The number of non-ortho nitro benzene ring substituents is 1. The number of aliphatic hydroxyl groups is 1. The number of nitro benzene ring substituents is 1. The minimum Gasteiger partial charge on any atom is -0.394 e. The van der Waals surface area contributed by atoms with Crippen molar-refractivity contribution in [2.75, 3.05) is 6.61 Å². The summed E-state index contributed by atoms with van der Waals surface area (Å²) in [6.45, 7) is 1.50. The minimum atomic E-state index is -0.963. The van der Waals surface area contributed by atoms with Gasteiger partial charge in [0.25, 0.3) is 11.6 Å². The zero-order valence-corrected chi connectivity index (χ0v) is 9.72. The fraction of sp³-hybridized carbons (Fsp3) is 0.364. The van der Waals surface area contributed by atoms with Crippen molar-refractivity contribution in [1.29, 1.82) is 0 Å². The highest BCUT2D eigenvalue weighted by atomic mass is 19.1. The molecule has 1 aromatic carbocycles. The van der Waals surface area contributed by atoms with Gasteiger partial charge in [-0.2, -0.15) is 0 Å². The van der Waals surface area contributed by atoms with Gasteiger partial charge in [0.2, 0.25) is 0 Å². The molecule has 18 heavy (non-hydrogen) atoms. The number of nitrogens with one attached hydrogen (secondary N) is 1. The summed E-state index contributed by atoms with van der Waals surface area (Å²) >= 11 is 0. The summed E-state index contributed by atoms with van der Waals surface area (Å²) in [5, 5.41) is 21.7. The van der Waals surface area contributed by atoms with Crippen LogP contribution in [0.15, 0.2) is 18.2 Å². The van der Waals surface area contributed by atoms with E-state index < -0.39 is 28.4 Å². The van der Waals surface area contributed by atoms with E-state index in [1.807, 2.05) is 0 Å². The quantitative estimate of drug-likeness (QED) is 0.612. The third-order valence-corrected chi connectivity index (χ3v) is 2.46. The number of nitrogens with zero attached hydrogens (tertiary/aromatic N) is 1. The number of hydrogen-bond acceptors (Lipinski definition) is 4. The molecule has 0 saturated carbocycles. The number of aliphatic hydroxyl groups excluding tert-OH is 1. The van der Waals surface area contributed by atoms with Crippen molar-refractivity contribution < 1.29 is 19.2 Å². The standard InChI is InChI=1S/C11H13FN2O4/c1-2-7(6-15)13-11(16)9-4-3-8(14(17)18)5-10(9)12/h3-5,7,15H,2,6H2,1H3,(H,13,16). The first-order valence-corrected chi connectivity index (χ1v) is 5.35. The Labute approximate surface area is 103 Å². The maximum atomic E-state index is 13.5. The Morgan fingerprint density at radius 3 is 2.72 bits per heavy atom. The molecule has 1 amide bonds. The average molecular weight is 256 g/mol. The first-order valence-electron chi connectivity index (χ1n) is 5.35. The highest BCUT2D eigenvalue weighted by Crippen LogP contribution is 2.16. The van der Waals surface area contributed by atoms with Crippen LogP contribution in [0.2, 0.25) is 0 Å². The van der Waals surface area contributed by atoms with E-state index in [0.717, 1.165) is 12.1 Å². The number of carbonyl (C=O) groups excluding carboxylic acids is 1. The molecule has 1 unspecified atom stereocenters. The Balaban J connectivity index is 2.90. The fourth-order valence-electron chi connectivity index (χ4n) is 1.34. The molecule has 7 heteroatoms. The monoisotopic (exact) mass is 256 g/mol. The van der Waals surface area contributed by atoms with Crippen LogP contribution in [-0.2, 0) is 0 Å². The number of rotatable bonds is 5. The second-order valence-corrected chi connectivity index (χ2v) is 3.68. The summed E-state index contributed by atoms with van der Waals surface area (Å²) in [5.74, 6) is -1.67. The van der Waals surface area contributed by atoms with E-state index in [-0.39, 0.29) is 12.2 Å². The first-order chi connectivity index (χ1) is 8.49. The second-order valence-electron chi connectivity index (χ2n) is 3.68. The van der Waals surface area contributed by atoms with Gasteiger partial charge in [-0.15, -0.1) is 0 Å². The second kappa shape index (κ2) is 6.06. The Kier molecular flexibility index (Phi) is 4.73. The summed E-state index contributed by atoms with van der Waals surface area (Å²) < 4.78 is 13.5. The van der Waals surface area contributed by atoms with Crippen LogP contribution in [0.4, 0.5) is 10.1 Å². The lowest BCUT2D eigenvalue weighted by atomic mass is 10.1. The van der Waals surface area contributed by atoms with Crippen LogP contribution in [0.3, 0.4) is 0 Å². The molecule has 0 bridgehead atoms. The van der Waals surface area contributed by atoms with E-state index in [4.69, 9.17) is 5.11 Å². The van der Waals surface area contributed by atoms with Crippen LogP contribution in [0.5, 0.6) is 0 Å². The normalized spacial score (nSPS) is 11.9. The van der Waals surface area contributed by atoms with Gasteiger partial charge in [0.05, 0.1) is 29.2 Å².